The van der Waals surface area contributed by atoms with E-state index in [1.165, 1.54) is 0 Å². The molecule has 0 saturated carbocycles. The van der Waals surface area contributed by atoms with Gasteiger partial charge in [-0.2, -0.15) is 0 Å². The van der Waals surface area contributed by atoms with E-state index in [0.717, 1.165) is 51.9 Å². The van der Waals surface area contributed by atoms with Gasteiger partial charge in [-0.15, -0.1) is 0 Å². The number of guanidine groups is 1. The van der Waals surface area contributed by atoms with Crippen molar-refractivity contribution < 1.29 is 4.74 Å². The van der Waals surface area contributed by atoms with Gasteiger partial charge < -0.3 is 20.7 Å². The van der Waals surface area contributed by atoms with Crippen LogP contribution in [-0.4, -0.2) is 74.9 Å². The molecule has 0 amide bonds. The van der Waals surface area contributed by atoms with Crippen molar-refractivity contribution in [3.63, 3.8) is 0 Å². The molecule has 1 aromatic rings. The van der Waals surface area contributed by atoms with E-state index in [2.05, 4.69) is 37.8 Å². The highest BCUT2D eigenvalue weighted by molar-refractivity contribution is 6.35. The number of hydrogen-bond donors (Lipinski definition) is 3. The molecule has 0 atom stereocenters. The Balaban J connectivity index is 1.69. The van der Waals surface area contributed by atoms with Crippen LogP contribution in [-0.2, 0) is 4.74 Å². The Morgan fingerprint density at radius 2 is 2.08 bits per heavy atom. The van der Waals surface area contributed by atoms with Gasteiger partial charge in [-0.05, 0) is 13.0 Å². The molecular weight excluding hydrogens is 363 g/mol. The number of anilines is 1. The molecule has 0 aliphatic carbocycles. The summed E-state index contributed by atoms with van der Waals surface area (Å²) >= 11 is 11.9. The maximum absolute atomic E-state index is 6.08. The Labute approximate surface area is 159 Å². The van der Waals surface area contributed by atoms with Crippen LogP contribution >= 0.6 is 23.2 Å². The van der Waals surface area contributed by atoms with Crippen LogP contribution in [0.25, 0.3) is 0 Å². The first-order valence-corrected chi connectivity index (χ1v) is 9.32. The van der Waals surface area contributed by atoms with Gasteiger partial charge in [-0.3, -0.25) is 9.89 Å². The maximum atomic E-state index is 6.08. The van der Waals surface area contributed by atoms with Crippen LogP contribution in [0.1, 0.15) is 6.92 Å². The van der Waals surface area contributed by atoms with E-state index in [9.17, 15) is 0 Å². The molecule has 9 heteroatoms. The number of aliphatic imine (C=N–C) groups is 1. The van der Waals surface area contributed by atoms with Crippen molar-refractivity contribution in [1.29, 1.82) is 0 Å². The quantitative estimate of drug-likeness (QED) is 0.357. The third kappa shape index (κ3) is 7.64. The van der Waals surface area contributed by atoms with Crippen LogP contribution in [0.4, 0.5) is 5.82 Å². The second kappa shape index (κ2) is 11.4. The van der Waals surface area contributed by atoms with Crippen molar-refractivity contribution in [3.8, 4) is 0 Å². The second-order valence-electron chi connectivity index (χ2n) is 5.55. The number of ether oxygens (including phenoxy) is 1. The van der Waals surface area contributed by atoms with E-state index in [1.54, 1.807) is 12.3 Å². The SMILES string of the molecule is CCNC(=NCCN1CCOCC1)NCCNc1ncc(Cl)cc1Cl. The summed E-state index contributed by atoms with van der Waals surface area (Å²) < 4.78 is 5.35. The molecule has 1 aliphatic rings. The topological polar surface area (TPSA) is 73.8 Å². The molecule has 0 bridgehead atoms. The molecule has 25 heavy (non-hydrogen) atoms. The van der Waals surface area contributed by atoms with Crippen LogP contribution in [0.2, 0.25) is 10.0 Å². The number of rotatable bonds is 8. The Morgan fingerprint density at radius 1 is 1.28 bits per heavy atom. The molecule has 140 valence electrons. The zero-order chi connectivity index (χ0) is 17.9. The second-order valence-corrected chi connectivity index (χ2v) is 6.40. The smallest absolute Gasteiger partial charge is 0.191 e. The predicted molar refractivity (Wildman–Crippen MR) is 104 cm³/mol. The van der Waals surface area contributed by atoms with Crippen molar-refractivity contribution in [1.82, 2.24) is 20.5 Å². The summed E-state index contributed by atoms with van der Waals surface area (Å²) in [6, 6.07) is 1.67. The van der Waals surface area contributed by atoms with E-state index < -0.39 is 0 Å². The normalized spacial score (nSPS) is 15.9. The summed E-state index contributed by atoms with van der Waals surface area (Å²) in [6.07, 6.45) is 1.57. The van der Waals surface area contributed by atoms with E-state index in [-0.39, 0.29) is 0 Å². The van der Waals surface area contributed by atoms with Gasteiger partial charge in [0.1, 0.15) is 5.82 Å². The molecule has 1 fully saturated rings. The fourth-order valence-corrected chi connectivity index (χ4v) is 2.82. The molecule has 0 radical (unpaired) electrons. The van der Waals surface area contributed by atoms with E-state index in [0.29, 0.717) is 29.0 Å². The van der Waals surface area contributed by atoms with E-state index in [4.69, 9.17) is 27.9 Å². The lowest BCUT2D eigenvalue weighted by Crippen LogP contribution is -2.41. The molecule has 3 N–H and O–H groups in total. The van der Waals surface area contributed by atoms with Gasteiger partial charge in [-0.1, -0.05) is 23.2 Å². The number of nitrogens with zero attached hydrogens (tertiary/aromatic N) is 3. The van der Waals surface area contributed by atoms with Gasteiger partial charge in [-0.25, -0.2) is 4.98 Å². The summed E-state index contributed by atoms with van der Waals surface area (Å²) in [6.45, 7) is 9.54. The van der Waals surface area contributed by atoms with E-state index in [1.807, 2.05) is 0 Å². The van der Waals surface area contributed by atoms with Crippen LogP contribution in [0.3, 0.4) is 0 Å². The van der Waals surface area contributed by atoms with Crippen molar-refractivity contribution in [2.24, 2.45) is 4.99 Å². The molecule has 1 aliphatic heterocycles. The third-order valence-corrected chi connectivity index (χ3v) is 4.15. The van der Waals surface area contributed by atoms with Crippen molar-refractivity contribution in [2.45, 2.75) is 6.92 Å². The molecule has 1 saturated heterocycles. The third-order valence-electron chi connectivity index (χ3n) is 3.65. The van der Waals surface area contributed by atoms with Gasteiger partial charge >= 0.3 is 0 Å². The van der Waals surface area contributed by atoms with Crippen molar-refractivity contribution in [3.05, 3.63) is 22.3 Å². The molecule has 2 rings (SSSR count). The van der Waals surface area contributed by atoms with E-state index >= 15 is 0 Å². The first-order chi connectivity index (χ1) is 12.2. The minimum atomic E-state index is 0.513. The molecule has 2 heterocycles. The molecule has 1 aromatic heterocycles. The number of aromatic nitrogens is 1. The summed E-state index contributed by atoms with van der Waals surface area (Å²) in [4.78, 5) is 11.1. The Bertz CT molecular complexity index is 551. The number of hydrogen-bond acceptors (Lipinski definition) is 5. The Morgan fingerprint density at radius 3 is 2.80 bits per heavy atom. The van der Waals surface area contributed by atoms with Crippen LogP contribution in [0.5, 0.6) is 0 Å². The largest absolute Gasteiger partial charge is 0.379 e. The Hall–Kier alpha value is -1.28. The standard InChI is InChI=1S/C16H26Cl2N6O/c1-2-19-16(22-5-6-24-7-9-25-10-8-24)21-4-3-20-15-14(18)11-13(17)12-23-15/h11-12H,2-10H2,1H3,(H,20,23)(H2,19,21,22). The average Bonchev–Trinajstić information content (AvgIpc) is 2.61. The molecule has 0 spiro atoms. The summed E-state index contributed by atoms with van der Waals surface area (Å²) in [5.41, 5.74) is 0. The molecular formula is C16H26Cl2N6O. The zero-order valence-electron chi connectivity index (χ0n) is 14.5. The zero-order valence-corrected chi connectivity index (χ0v) is 16.0. The highest BCUT2D eigenvalue weighted by Crippen LogP contribution is 2.21. The number of nitrogens with one attached hydrogen (secondary N) is 3. The summed E-state index contributed by atoms with van der Waals surface area (Å²) in [5.74, 6) is 1.44. The fraction of sp³-hybridized carbons (Fsp3) is 0.625. The summed E-state index contributed by atoms with van der Waals surface area (Å²) in [5, 5.41) is 10.8. The van der Waals surface area contributed by atoms with Gasteiger partial charge in [0, 0.05) is 45.5 Å². The van der Waals surface area contributed by atoms with Gasteiger partial charge in [0.2, 0.25) is 0 Å². The Kier molecular flexibility index (Phi) is 9.10. The van der Waals surface area contributed by atoms with Crippen LogP contribution < -0.4 is 16.0 Å². The van der Waals surface area contributed by atoms with Gasteiger partial charge in [0.15, 0.2) is 5.96 Å². The number of halogens is 2. The summed E-state index contributed by atoms with van der Waals surface area (Å²) in [7, 11) is 0. The molecule has 7 nitrogen and oxygen atoms in total. The van der Waals surface area contributed by atoms with Crippen LogP contribution in [0, 0.1) is 0 Å². The minimum absolute atomic E-state index is 0.513. The first-order valence-electron chi connectivity index (χ1n) is 8.56. The molecule has 0 unspecified atom stereocenters. The average molecular weight is 389 g/mol. The highest BCUT2D eigenvalue weighted by atomic mass is 35.5. The number of pyridine rings is 1. The first kappa shape index (κ1) is 20.0. The lowest BCUT2D eigenvalue weighted by Gasteiger charge is -2.25. The lowest BCUT2D eigenvalue weighted by molar-refractivity contribution is 0.0394. The monoisotopic (exact) mass is 388 g/mol. The predicted octanol–water partition coefficient (Wildman–Crippen LogP) is 1.69. The van der Waals surface area contributed by atoms with Crippen molar-refractivity contribution in [2.75, 3.05) is 64.3 Å². The van der Waals surface area contributed by atoms with Gasteiger partial charge in [0.25, 0.3) is 0 Å². The minimum Gasteiger partial charge on any atom is -0.379 e. The number of morpholine rings is 1. The van der Waals surface area contributed by atoms with Crippen LogP contribution in [0.15, 0.2) is 17.3 Å². The van der Waals surface area contributed by atoms with Crippen molar-refractivity contribution >= 4 is 35.0 Å². The highest BCUT2D eigenvalue weighted by Gasteiger charge is 2.09. The lowest BCUT2D eigenvalue weighted by atomic mass is 10.4. The molecule has 0 aromatic carbocycles. The fourth-order valence-electron chi connectivity index (χ4n) is 2.38. The maximum Gasteiger partial charge on any atom is 0.191 e. The van der Waals surface area contributed by atoms with Gasteiger partial charge in [0.05, 0.1) is 29.8 Å².